The zero-order chi connectivity index (χ0) is 20.1. The molecule has 0 atom stereocenters. The van der Waals surface area contributed by atoms with Crippen LogP contribution in [0.4, 0.5) is 0 Å². The highest BCUT2D eigenvalue weighted by atomic mass is 16.2. The van der Waals surface area contributed by atoms with E-state index in [1.54, 1.807) is 0 Å². The summed E-state index contributed by atoms with van der Waals surface area (Å²) in [5.41, 5.74) is 3.38. The summed E-state index contributed by atoms with van der Waals surface area (Å²) in [5.74, 6) is 0.631. The molecule has 0 aliphatic heterocycles. The van der Waals surface area contributed by atoms with Crippen LogP contribution in [0, 0.1) is 6.92 Å². The quantitative estimate of drug-likeness (QED) is 0.664. The number of aromatic nitrogens is 2. The maximum absolute atomic E-state index is 12.4. The fourth-order valence-electron chi connectivity index (χ4n) is 3.21. The predicted octanol–water partition coefficient (Wildman–Crippen LogP) is 2.84. The molecule has 0 saturated carbocycles. The molecule has 2 aromatic carbocycles. The maximum Gasteiger partial charge on any atom is 0.251 e. The van der Waals surface area contributed by atoms with Crippen LogP contribution in [0.5, 0.6) is 0 Å². The van der Waals surface area contributed by atoms with E-state index < -0.39 is 0 Å². The van der Waals surface area contributed by atoms with Gasteiger partial charge in [0.2, 0.25) is 5.91 Å². The van der Waals surface area contributed by atoms with Gasteiger partial charge in [0.1, 0.15) is 12.4 Å². The van der Waals surface area contributed by atoms with E-state index in [2.05, 4.69) is 15.6 Å². The Morgan fingerprint density at radius 3 is 2.54 bits per heavy atom. The summed E-state index contributed by atoms with van der Waals surface area (Å²) < 4.78 is 1.92. The number of nitrogens with zero attached hydrogens (tertiary/aromatic N) is 2. The lowest BCUT2D eigenvalue weighted by Gasteiger charge is -2.12. The Kier molecular flexibility index (Phi) is 6.09. The van der Waals surface area contributed by atoms with E-state index in [9.17, 15) is 9.59 Å². The molecule has 146 valence electrons. The van der Waals surface area contributed by atoms with Crippen LogP contribution < -0.4 is 10.6 Å². The van der Waals surface area contributed by atoms with Crippen molar-refractivity contribution in [2.75, 3.05) is 6.54 Å². The van der Waals surface area contributed by atoms with E-state index in [0.717, 1.165) is 22.4 Å². The van der Waals surface area contributed by atoms with Crippen LogP contribution in [-0.2, 0) is 17.8 Å². The van der Waals surface area contributed by atoms with Gasteiger partial charge in [-0.05, 0) is 44.5 Å². The second kappa shape index (κ2) is 8.69. The van der Waals surface area contributed by atoms with Gasteiger partial charge in [0, 0.05) is 24.6 Å². The van der Waals surface area contributed by atoms with E-state index in [1.807, 2.05) is 73.9 Å². The lowest BCUT2D eigenvalue weighted by atomic mass is 10.1. The van der Waals surface area contributed by atoms with Crippen molar-refractivity contribution in [1.29, 1.82) is 0 Å². The summed E-state index contributed by atoms with van der Waals surface area (Å²) in [5, 5.41) is 5.87. The number of rotatable bonds is 7. The molecule has 0 spiro atoms. The molecule has 1 heterocycles. The zero-order valence-electron chi connectivity index (χ0n) is 16.5. The summed E-state index contributed by atoms with van der Waals surface area (Å²) >= 11 is 0. The molecule has 3 aromatic rings. The van der Waals surface area contributed by atoms with Gasteiger partial charge in [0.25, 0.3) is 5.91 Å². The molecular formula is C22H26N4O2. The molecule has 0 saturated heterocycles. The van der Waals surface area contributed by atoms with E-state index in [4.69, 9.17) is 0 Å². The number of hydrogen-bond donors (Lipinski definition) is 2. The van der Waals surface area contributed by atoms with Crippen molar-refractivity contribution in [3.63, 3.8) is 0 Å². The van der Waals surface area contributed by atoms with Crippen LogP contribution in [-0.4, -0.2) is 34.0 Å². The molecule has 0 radical (unpaired) electrons. The summed E-state index contributed by atoms with van der Waals surface area (Å²) in [4.78, 5) is 29.4. The second-order valence-corrected chi connectivity index (χ2v) is 7.15. The zero-order valence-corrected chi connectivity index (χ0v) is 16.5. The van der Waals surface area contributed by atoms with Gasteiger partial charge < -0.3 is 15.2 Å². The molecule has 6 nitrogen and oxygen atoms in total. The number of aryl methyl sites for hydroxylation is 1. The van der Waals surface area contributed by atoms with Crippen molar-refractivity contribution >= 4 is 22.8 Å². The minimum atomic E-state index is -0.0988. The van der Waals surface area contributed by atoms with Gasteiger partial charge in [-0.3, -0.25) is 9.59 Å². The Balaban J connectivity index is 1.73. The first-order valence-electron chi connectivity index (χ1n) is 9.53. The Hall–Kier alpha value is -3.15. The van der Waals surface area contributed by atoms with Gasteiger partial charge in [-0.25, -0.2) is 4.98 Å². The Morgan fingerprint density at radius 2 is 1.79 bits per heavy atom. The van der Waals surface area contributed by atoms with Crippen molar-refractivity contribution in [2.45, 2.75) is 39.8 Å². The van der Waals surface area contributed by atoms with Gasteiger partial charge in [0.05, 0.1) is 11.0 Å². The van der Waals surface area contributed by atoms with Gasteiger partial charge >= 0.3 is 0 Å². The number of benzene rings is 2. The molecule has 6 heteroatoms. The molecule has 2 N–H and O–H groups in total. The Bertz CT molecular complexity index is 991. The Labute approximate surface area is 165 Å². The monoisotopic (exact) mass is 378 g/mol. The smallest absolute Gasteiger partial charge is 0.251 e. The van der Waals surface area contributed by atoms with Crippen molar-refractivity contribution in [3.8, 4) is 0 Å². The fraction of sp³-hybridized carbons (Fsp3) is 0.318. The highest BCUT2D eigenvalue weighted by molar-refractivity contribution is 5.95. The number of carbonyl (C=O) groups is 2. The molecule has 1 aromatic heterocycles. The first kappa shape index (κ1) is 19.6. The number of carbonyl (C=O) groups excluding carboxylic acids is 2. The molecule has 0 fully saturated rings. The van der Waals surface area contributed by atoms with Crippen molar-refractivity contribution in [3.05, 3.63) is 65.5 Å². The van der Waals surface area contributed by atoms with Crippen LogP contribution >= 0.6 is 0 Å². The van der Waals surface area contributed by atoms with Gasteiger partial charge in [-0.15, -0.1) is 0 Å². The highest BCUT2D eigenvalue weighted by Gasteiger charge is 2.15. The van der Waals surface area contributed by atoms with Crippen LogP contribution in [0.2, 0.25) is 0 Å². The highest BCUT2D eigenvalue weighted by Crippen LogP contribution is 2.16. The number of hydrogen-bond acceptors (Lipinski definition) is 3. The largest absolute Gasteiger partial charge is 0.352 e. The molecule has 2 amide bonds. The lowest BCUT2D eigenvalue weighted by molar-refractivity contribution is -0.122. The van der Waals surface area contributed by atoms with Gasteiger partial charge in [0.15, 0.2) is 0 Å². The standard InChI is InChI=1S/C22H26N4O2/c1-15(2)24-21(27)14-26-19-11-7-6-10-18(19)25-20(26)12-13-23-22(28)17-9-5-4-8-16(17)3/h4-11,15H,12-14H2,1-3H3,(H,23,28)(H,24,27). The normalized spacial score (nSPS) is 11.0. The fourth-order valence-corrected chi connectivity index (χ4v) is 3.21. The van der Waals surface area contributed by atoms with Crippen molar-refractivity contribution in [1.82, 2.24) is 20.2 Å². The maximum atomic E-state index is 12.4. The molecule has 0 bridgehead atoms. The minimum absolute atomic E-state index is 0.0525. The molecule has 3 rings (SSSR count). The number of nitrogens with one attached hydrogen (secondary N) is 2. The topological polar surface area (TPSA) is 76.0 Å². The van der Waals surface area contributed by atoms with Gasteiger partial charge in [-0.1, -0.05) is 30.3 Å². The number of imidazole rings is 1. The van der Waals surface area contributed by atoms with Crippen LogP contribution in [0.3, 0.4) is 0 Å². The lowest BCUT2D eigenvalue weighted by Crippen LogP contribution is -2.34. The minimum Gasteiger partial charge on any atom is -0.352 e. The van der Waals surface area contributed by atoms with Gasteiger partial charge in [-0.2, -0.15) is 0 Å². The summed E-state index contributed by atoms with van der Waals surface area (Å²) in [6.07, 6.45) is 0.543. The molecule has 0 unspecified atom stereocenters. The second-order valence-electron chi connectivity index (χ2n) is 7.15. The van der Waals surface area contributed by atoms with Crippen molar-refractivity contribution < 1.29 is 9.59 Å². The summed E-state index contributed by atoms with van der Waals surface area (Å²) in [7, 11) is 0. The number of para-hydroxylation sites is 2. The predicted molar refractivity (Wildman–Crippen MR) is 110 cm³/mol. The molecule has 0 aliphatic rings. The van der Waals surface area contributed by atoms with E-state index >= 15 is 0 Å². The summed E-state index contributed by atoms with van der Waals surface area (Å²) in [6, 6.07) is 15.3. The van der Waals surface area contributed by atoms with Crippen LogP contribution in [0.15, 0.2) is 48.5 Å². The average Bonchev–Trinajstić information content (AvgIpc) is 2.99. The molecule has 28 heavy (non-hydrogen) atoms. The van der Waals surface area contributed by atoms with Crippen LogP contribution in [0.25, 0.3) is 11.0 Å². The SMILES string of the molecule is Cc1ccccc1C(=O)NCCc1nc2ccccc2n1CC(=O)NC(C)C. The third-order valence-electron chi connectivity index (χ3n) is 4.51. The third kappa shape index (κ3) is 4.57. The first-order chi connectivity index (χ1) is 13.5. The van der Waals surface area contributed by atoms with E-state index in [0.29, 0.717) is 18.5 Å². The van der Waals surface area contributed by atoms with E-state index in [1.165, 1.54) is 0 Å². The molecular weight excluding hydrogens is 352 g/mol. The number of fused-ring (bicyclic) bond motifs is 1. The van der Waals surface area contributed by atoms with Crippen LogP contribution in [0.1, 0.15) is 35.6 Å². The average molecular weight is 378 g/mol. The number of amides is 2. The Morgan fingerprint density at radius 1 is 1.07 bits per heavy atom. The third-order valence-corrected chi connectivity index (χ3v) is 4.51. The first-order valence-corrected chi connectivity index (χ1v) is 9.53. The molecule has 0 aliphatic carbocycles. The summed E-state index contributed by atoms with van der Waals surface area (Å²) in [6.45, 7) is 6.45. The van der Waals surface area contributed by atoms with E-state index in [-0.39, 0.29) is 24.4 Å². The van der Waals surface area contributed by atoms with Crippen molar-refractivity contribution in [2.24, 2.45) is 0 Å².